The first kappa shape index (κ1) is 18.0. The van der Waals surface area contributed by atoms with Crippen molar-refractivity contribution in [1.29, 1.82) is 0 Å². The van der Waals surface area contributed by atoms with Crippen molar-refractivity contribution in [3.63, 3.8) is 0 Å². The summed E-state index contributed by atoms with van der Waals surface area (Å²) in [6, 6.07) is 0. The standard InChI is InChI=1S/2Co.O.Zn. The molecule has 0 atom stereocenters. The summed E-state index contributed by atoms with van der Waals surface area (Å²) >= 11 is 0.125. The Morgan fingerprint density at radius 1 is 1.00 bits per heavy atom. The van der Waals surface area contributed by atoms with Crippen molar-refractivity contribution < 1.29 is 55.4 Å². The van der Waals surface area contributed by atoms with Crippen molar-refractivity contribution >= 4 is 0 Å². The van der Waals surface area contributed by atoms with E-state index in [-0.39, 0.29) is 51.8 Å². The van der Waals surface area contributed by atoms with E-state index in [9.17, 15) is 0 Å². The minimum atomic E-state index is 0. The molecule has 0 spiro atoms. The van der Waals surface area contributed by atoms with Crippen LogP contribution in [0.25, 0.3) is 0 Å². The second-order valence-electron chi connectivity index (χ2n) is 0. The predicted molar refractivity (Wildman–Crippen MR) is 0.686 cm³/mol. The SMILES string of the molecule is [Co].[Co].[O]=[Zn]. The van der Waals surface area contributed by atoms with Crippen molar-refractivity contribution in [2.24, 2.45) is 0 Å². The Balaban J connectivity index is -0.00000000500. The molecule has 0 aliphatic heterocycles. The molecule has 0 bridgehead atoms. The third-order valence-electron chi connectivity index (χ3n) is 0. The fourth-order valence-corrected chi connectivity index (χ4v) is 0. The normalized spacial score (nSPS) is 1.50. The van der Waals surface area contributed by atoms with E-state index in [0.717, 1.165) is 0 Å². The van der Waals surface area contributed by atoms with E-state index in [1.807, 2.05) is 0 Å². The first-order valence-corrected chi connectivity index (χ1v) is 1.50. The van der Waals surface area contributed by atoms with Gasteiger partial charge in [-0.05, 0) is 0 Å². The average molecular weight is 199 g/mol. The van der Waals surface area contributed by atoms with Crippen LogP contribution in [0.1, 0.15) is 0 Å². The van der Waals surface area contributed by atoms with Gasteiger partial charge in [0, 0.05) is 33.6 Å². The zero-order valence-corrected chi connectivity index (χ0v) is 6.83. The Morgan fingerprint density at radius 2 is 1.00 bits per heavy atom. The Hall–Kier alpha value is 1.44. The van der Waals surface area contributed by atoms with Gasteiger partial charge in [0.1, 0.15) is 0 Å². The van der Waals surface area contributed by atoms with E-state index >= 15 is 0 Å². The molecule has 0 heterocycles. The summed E-state index contributed by atoms with van der Waals surface area (Å²) in [5.41, 5.74) is 0. The summed E-state index contributed by atoms with van der Waals surface area (Å²) in [6.07, 6.45) is 0. The van der Waals surface area contributed by atoms with Gasteiger partial charge < -0.3 is 0 Å². The van der Waals surface area contributed by atoms with Gasteiger partial charge in [0.25, 0.3) is 0 Å². The molecule has 0 rings (SSSR count). The maximum absolute atomic E-state index is 8.38. The third kappa shape index (κ3) is 9.89. The van der Waals surface area contributed by atoms with E-state index in [1.54, 1.807) is 0 Å². The Labute approximate surface area is 55.2 Å². The van der Waals surface area contributed by atoms with Crippen molar-refractivity contribution in [1.82, 2.24) is 0 Å². The summed E-state index contributed by atoms with van der Waals surface area (Å²) in [4.78, 5) is 0. The van der Waals surface area contributed by atoms with Crippen molar-refractivity contribution in [2.45, 2.75) is 0 Å². The summed E-state index contributed by atoms with van der Waals surface area (Å²) in [6.45, 7) is 0. The predicted octanol–water partition coefficient (Wildman–Crippen LogP) is -0.126. The molecule has 26 valence electrons. The van der Waals surface area contributed by atoms with E-state index in [1.165, 1.54) is 0 Å². The van der Waals surface area contributed by atoms with Crippen molar-refractivity contribution in [2.75, 3.05) is 0 Å². The van der Waals surface area contributed by atoms with Gasteiger partial charge in [-0.1, -0.05) is 0 Å². The first-order chi connectivity index (χ1) is 1.00. The fourth-order valence-electron chi connectivity index (χ4n) is 0. The summed E-state index contributed by atoms with van der Waals surface area (Å²) in [5.74, 6) is 0. The van der Waals surface area contributed by atoms with Gasteiger partial charge in [0.15, 0.2) is 0 Å². The van der Waals surface area contributed by atoms with Crippen molar-refractivity contribution in [3.8, 4) is 0 Å². The molecule has 4 heteroatoms. The Bertz CT molecular complexity index is 6.00. The van der Waals surface area contributed by atoms with Gasteiger partial charge in [-0.2, -0.15) is 0 Å². The molecule has 4 heavy (non-hydrogen) atoms. The zero-order valence-electron chi connectivity index (χ0n) is 1.78. The molecule has 0 aliphatic rings. The molecule has 0 amide bonds. The van der Waals surface area contributed by atoms with Gasteiger partial charge >= 0.3 is 21.8 Å². The molecular formula is Co2OZn. The van der Waals surface area contributed by atoms with E-state index in [2.05, 4.69) is 0 Å². The molecule has 0 aromatic rings. The molecule has 0 aromatic carbocycles. The summed E-state index contributed by atoms with van der Waals surface area (Å²) in [5, 5.41) is 0. The summed E-state index contributed by atoms with van der Waals surface area (Å²) < 4.78 is 8.38. The van der Waals surface area contributed by atoms with Gasteiger partial charge in [0.2, 0.25) is 0 Å². The minimum absolute atomic E-state index is 0. The topological polar surface area (TPSA) is 17.1 Å². The zero-order chi connectivity index (χ0) is 2.00. The van der Waals surface area contributed by atoms with Gasteiger partial charge in [-0.15, -0.1) is 0 Å². The average Bonchev–Trinajstić information content (AvgIpc) is 1.00. The Kier molecular flexibility index (Phi) is 114. The van der Waals surface area contributed by atoms with Crippen LogP contribution in [0.5, 0.6) is 0 Å². The molecule has 0 unspecified atom stereocenters. The van der Waals surface area contributed by atoms with E-state index in [4.69, 9.17) is 3.57 Å². The Morgan fingerprint density at radius 3 is 1.00 bits per heavy atom. The first-order valence-electron chi connectivity index (χ1n) is 0.289. The van der Waals surface area contributed by atoms with Crippen LogP contribution in [0, 0.1) is 0 Å². The molecular weight excluding hydrogens is 199 g/mol. The molecule has 0 aliphatic carbocycles. The van der Waals surface area contributed by atoms with Crippen LogP contribution in [0.3, 0.4) is 0 Å². The van der Waals surface area contributed by atoms with Crippen LogP contribution in [0.4, 0.5) is 0 Å². The van der Waals surface area contributed by atoms with E-state index in [0.29, 0.717) is 0 Å². The van der Waals surface area contributed by atoms with Crippen LogP contribution >= 0.6 is 0 Å². The number of hydrogen-bond acceptors (Lipinski definition) is 1. The maximum atomic E-state index is 8.38. The van der Waals surface area contributed by atoms with E-state index < -0.39 is 0 Å². The molecule has 0 saturated heterocycles. The van der Waals surface area contributed by atoms with Crippen molar-refractivity contribution in [3.05, 3.63) is 0 Å². The van der Waals surface area contributed by atoms with Crippen LogP contribution in [0.15, 0.2) is 0 Å². The van der Waals surface area contributed by atoms with Gasteiger partial charge in [-0.3, -0.25) is 0 Å². The van der Waals surface area contributed by atoms with Gasteiger partial charge in [0.05, 0.1) is 0 Å². The van der Waals surface area contributed by atoms with Crippen LogP contribution in [-0.4, -0.2) is 0 Å². The summed E-state index contributed by atoms with van der Waals surface area (Å²) in [7, 11) is 0. The molecule has 1 nitrogen and oxygen atoms in total. The molecule has 0 saturated carbocycles. The fraction of sp³-hybridized carbons (Fsp3) is 0. The second kappa shape index (κ2) is 25.4. The van der Waals surface area contributed by atoms with Crippen LogP contribution in [-0.2, 0) is 55.4 Å². The quantitative estimate of drug-likeness (QED) is 0.497. The third-order valence-corrected chi connectivity index (χ3v) is 0. The molecule has 0 fully saturated rings. The van der Waals surface area contributed by atoms with Gasteiger partial charge in [-0.25, -0.2) is 0 Å². The monoisotopic (exact) mass is 198 g/mol. The number of rotatable bonds is 0. The second-order valence-corrected chi connectivity index (χ2v) is 0. The number of hydrogen-bond donors (Lipinski definition) is 0. The van der Waals surface area contributed by atoms with Crippen LogP contribution < -0.4 is 0 Å². The molecule has 0 N–H and O–H groups in total. The molecule has 0 aromatic heterocycles. The van der Waals surface area contributed by atoms with Crippen LogP contribution in [0.2, 0.25) is 0 Å². The molecule has 2 radical (unpaired) electrons.